The molecule has 21 heavy (non-hydrogen) atoms. The summed E-state index contributed by atoms with van der Waals surface area (Å²) in [5.74, 6) is -0.482. The molecule has 7 nitrogen and oxygen atoms in total. The number of nitrogens with one attached hydrogen (secondary N) is 2. The SMILES string of the molecule is Cc1[nH]cc(C(=O)Nc2ccc3nncn3c2)c(=O)c1Br. The van der Waals surface area contributed by atoms with Crippen LogP contribution >= 0.6 is 15.9 Å². The summed E-state index contributed by atoms with van der Waals surface area (Å²) in [6, 6.07) is 3.41. The minimum atomic E-state index is -0.482. The number of pyridine rings is 2. The van der Waals surface area contributed by atoms with Crippen LogP contribution in [0.3, 0.4) is 0 Å². The topological polar surface area (TPSA) is 92.2 Å². The molecule has 0 aromatic carbocycles. The van der Waals surface area contributed by atoms with E-state index in [2.05, 4.69) is 36.4 Å². The van der Waals surface area contributed by atoms with Gasteiger partial charge < -0.3 is 10.3 Å². The summed E-state index contributed by atoms with van der Waals surface area (Å²) < 4.78 is 2.02. The van der Waals surface area contributed by atoms with Crippen molar-refractivity contribution in [1.82, 2.24) is 19.6 Å². The van der Waals surface area contributed by atoms with Gasteiger partial charge in [-0.05, 0) is 35.0 Å². The largest absolute Gasteiger partial charge is 0.363 e. The summed E-state index contributed by atoms with van der Waals surface area (Å²) >= 11 is 3.17. The molecule has 0 aliphatic carbocycles. The minimum Gasteiger partial charge on any atom is -0.363 e. The second-order valence-electron chi connectivity index (χ2n) is 4.44. The Kier molecular flexibility index (Phi) is 3.30. The maximum absolute atomic E-state index is 12.2. The molecule has 0 bridgehead atoms. The average Bonchev–Trinajstić information content (AvgIpc) is 2.92. The minimum absolute atomic E-state index is 0.0383. The van der Waals surface area contributed by atoms with E-state index in [0.29, 0.717) is 21.5 Å². The molecule has 2 N–H and O–H groups in total. The Labute approximate surface area is 127 Å². The first-order chi connectivity index (χ1) is 10.1. The molecule has 0 unspecified atom stereocenters. The fourth-order valence-corrected chi connectivity index (χ4v) is 2.19. The zero-order chi connectivity index (χ0) is 15.0. The summed E-state index contributed by atoms with van der Waals surface area (Å²) in [6.45, 7) is 1.74. The smallest absolute Gasteiger partial charge is 0.261 e. The van der Waals surface area contributed by atoms with E-state index in [4.69, 9.17) is 0 Å². The highest BCUT2D eigenvalue weighted by Crippen LogP contribution is 2.12. The number of halogens is 1. The van der Waals surface area contributed by atoms with Crippen LogP contribution in [0.15, 0.2) is 40.1 Å². The zero-order valence-electron chi connectivity index (χ0n) is 10.9. The lowest BCUT2D eigenvalue weighted by atomic mass is 10.2. The number of H-pyrrole nitrogens is 1. The van der Waals surface area contributed by atoms with Crippen LogP contribution in [0.5, 0.6) is 0 Å². The monoisotopic (exact) mass is 347 g/mol. The van der Waals surface area contributed by atoms with E-state index in [1.165, 1.54) is 12.5 Å². The number of aromatic nitrogens is 4. The predicted molar refractivity (Wildman–Crippen MR) is 80.4 cm³/mol. The molecule has 8 heteroatoms. The fourth-order valence-electron chi connectivity index (χ4n) is 1.87. The van der Waals surface area contributed by atoms with E-state index in [1.54, 1.807) is 29.7 Å². The first-order valence-electron chi connectivity index (χ1n) is 6.05. The van der Waals surface area contributed by atoms with Gasteiger partial charge in [0.15, 0.2) is 5.65 Å². The van der Waals surface area contributed by atoms with Gasteiger partial charge in [0, 0.05) is 18.1 Å². The van der Waals surface area contributed by atoms with Crippen LogP contribution in [0, 0.1) is 6.92 Å². The lowest BCUT2D eigenvalue weighted by Gasteiger charge is -2.06. The number of aromatic amines is 1. The van der Waals surface area contributed by atoms with Crippen molar-refractivity contribution in [2.75, 3.05) is 5.32 Å². The fraction of sp³-hybridized carbons (Fsp3) is 0.0769. The van der Waals surface area contributed by atoms with Crippen molar-refractivity contribution in [2.24, 2.45) is 0 Å². The van der Waals surface area contributed by atoms with Crippen molar-refractivity contribution in [1.29, 1.82) is 0 Å². The Hall–Kier alpha value is -2.48. The molecule has 0 saturated heterocycles. The number of amides is 1. The van der Waals surface area contributed by atoms with Crippen molar-refractivity contribution < 1.29 is 4.79 Å². The summed E-state index contributed by atoms with van der Waals surface area (Å²) in [4.78, 5) is 27.1. The Morgan fingerprint density at radius 3 is 3.05 bits per heavy atom. The first-order valence-corrected chi connectivity index (χ1v) is 6.84. The van der Waals surface area contributed by atoms with Crippen LogP contribution in [-0.4, -0.2) is 25.5 Å². The third kappa shape index (κ3) is 2.45. The van der Waals surface area contributed by atoms with Gasteiger partial charge in [-0.3, -0.25) is 14.0 Å². The van der Waals surface area contributed by atoms with Gasteiger partial charge in [0.05, 0.1) is 10.2 Å². The molecule has 3 heterocycles. The molecule has 3 aromatic rings. The number of rotatable bonds is 2. The van der Waals surface area contributed by atoms with E-state index < -0.39 is 5.91 Å². The lowest BCUT2D eigenvalue weighted by molar-refractivity contribution is 0.102. The average molecular weight is 348 g/mol. The number of anilines is 1. The van der Waals surface area contributed by atoms with Crippen molar-refractivity contribution in [3.8, 4) is 0 Å². The molecular formula is C13H10BrN5O2. The quantitative estimate of drug-likeness (QED) is 0.738. The number of hydrogen-bond donors (Lipinski definition) is 2. The second kappa shape index (κ2) is 5.13. The molecule has 0 spiro atoms. The van der Waals surface area contributed by atoms with Gasteiger partial charge in [0.25, 0.3) is 5.91 Å². The summed E-state index contributed by atoms with van der Waals surface area (Å²) in [5, 5.41) is 10.3. The van der Waals surface area contributed by atoms with Gasteiger partial charge in [-0.1, -0.05) is 0 Å². The van der Waals surface area contributed by atoms with Gasteiger partial charge >= 0.3 is 0 Å². The molecule has 1 amide bonds. The maximum Gasteiger partial charge on any atom is 0.261 e. The highest BCUT2D eigenvalue weighted by atomic mass is 79.9. The Morgan fingerprint density at radius 2 is 2.24 bits per heavy atom. The Bertz CT molecular complexity index is 899. The van der Waals surface area contributed by atoms with E-state index in [1.807, 2.05) is 0 Å². The number of carbonyl (C=O) groups is 1. The lowest BCUT2D eigenvalue weighted by Crippen LogP contribution is -2.23. The first kappa shape index (κ1) is 13.5. The van der Waals surface area contributed by atoms with E-state index in [9.17, 15) is 9.59 Å². The van der Waals surface area contributed by atoms with Gasteiger partial charge in [-0.15, -0.1) is 10.2 Å². The van der Waals surface area contributed by atoms with Crippen LogP contribution < -0.4 is 10.7 Å². The molecule has 106 valence electrons. The standard InChI is InChI=1S/C13H10BrN5O2/c1-7-11(14)12(20)9(4-15-7)13(21)17-8-2-3-10-18-16-6-19(10)5-8/h2-6H,1H3,(H,15,20)(H,17,21). The summed E-state index contributed by atoms with van der Waals surface area (Å²) in [5.41, 5.74) is 1.57. The van der Waals surface area contributed by atoms with Gasteiger partial charge in [-0.25, -0.2) is 0 Å². The number of hydrogen-bond acceptors (Lipinski definition) is 4. The molecule has 0 saturated carbocycles. The normalized spacial score (nSPS) is 10.8. The van der Waals surface area contributed by atoms with Gasteiger partial charge in [0.1, 0.15) is 11.9 Å². The zero-order valence-corrected chi connectivity index (χ0v) is 12.5. The van der Waals surface area contributed by atoms with Crippen molar-refractivity contribution >= 4 is 33.2 Å². The predicted octanol–water partition coefficient (Wildman–Crippen LogP) is 1.74. The van der Waals surface area contributed by atoms with E-state index >= 15 is 0 Å². The molecular weight excluding hydrogens is 338 g/mol. The van der Waals surface area contributed by atoms with Gasteiger partial charge in [0.2, 0.25) is 5.43 Å². The highest BCUT2D eigenvalue weighted by molar-refractivity contribution is 9.10. The molecule has 0 atom stereocenters. The molecule has 3 aromatic heterocycles. The van der Waals surface area contributed by atoms with Crippen LogP contribution in [-0.2, 0) is 0 Å². The summed E-state index contributed by atoms with van der Waals surface area (Å²) in [7, 11) is 0. The third-order valence-corrected chi connectivity index (χ3v) is 3.95. The Balaban J connectivity index is 1.92. The molecule has 0 aliphatic rings. The number of fused-ring (bicyclic) bond motifs is 1. The molecule has 0 radical (unpaired) electrons. The van der Waals surface area contributed by atoms with Crippen LogP contribution in [0.2, 0.25) is 0 Å². The van der Waals surface area contributed by atoms with Gasteiger partial charge in [-0.2, -0.15) is 0 Å². The maximum atomic E-state index is 12.2. The van der Waals surface area contributed by atoms with Crippen molar-refractivity contribution in [3.63, 3.8) is 0 Å². The van der Waals surface area contributed by atoms with Crippen molar-refractivity contribution in [2.45, 2.75) is 6.92 Å². The summed E-state index contributed by atoms with van der Waals surface area (Å²) in [6.07, 6.45) is 4.60. The van der Waals surface area contributed by atoms with E-state index in [0.717, 1.165) is 0 Å². The third-order valence-electron chi connectivity index (χ3n) is 3.00. The second-order valence-corrected chi connectivity index (χ2v) is 5.23. The van der Waals surface area contributed by atoms with Crippen LogP contribution in [0.4, 0.5) is 5.69 Å². The number of nitrogens with zero attached hydrogens (tertiary/aromatic N) is 3. The Morgan fingerprint density at radius 1 is 1.43 bits per heavy atom. The highest BCUT2D eigenvalue weighted by Gasteiger charge is 2.14. The van der Waals surface area contributed by atoms with Crippen LogP contribution in [0.25, 0.3) is 5.65 Å². The molecule has 3 rings (SSSR count). The number of carbonyl (C=O) groups excluding carboxylic acids is 1. The van der Waals surface area contributed by atoms with Crippen molar-refractivity contribution in [3.05, 3.63) is 56.8 Å². The molecule has 0 fully saturated rings. The van der Waals surface area contributed by atoms with E-state index in [-0.39, 0.29) is 11.0 Å². The number of aryl methyl sites for hydroxylation is 1. The molecule has 0 aliphatic heterocycles. The van der Waals surface area contributed by atoms with Crippen LogP contribution in [0.1, 0.15) is 16.1 Å².